The Balaban J connectivity index is 3.90. The van der Waals surface area contributed by atoms with E-state index in [1.807, 2.05) is 6.92 Å². The fourth-order valence-electron chi connectivity index (χ4n) is 1.10. The van der Waals surface area contributed by atoms with Crippen LogP contribution in [0.4, 0.5) is 17.6 Å². The molecule has 0 aromatic carbocycles. The standard InChI is InChI=1S/C10H17F4NO3/c1-2-4-15-7(8(16)17)3-5-18-6-10(13,14)9(11)12/h7,9,15H,2-6H2,1H3,(H,16,17). The second kappa shape index (κ2) is 8.25. The monoisotopic (exact) mass is 275 g/mol. The maximum Gasteiger partial charge on any atom is 0.330 e. The Labute approximate surface area is 102 Å². The summed E-state index contributed by atoms with van der Waals surface area (Å²) in [4.78, 5) is 10.7. The fraction of sp³-hybridized carbons (Fsp3) is 0.900. The van der Waals surface area contributed by atoms with Crippen LogP contribution in [-0.2, 0) is 9.53 Å². The van der Waals surface area contributed by atoms with Gasteiger partial charge in [0.1, 0.15) is 12.6 Å². The molecule has 1 unspecified atom stereocenters. The Morgan fingerprint density at radius 1 is 1.44 bits per heavy atom. The molecule has 0 bridgehead atoms. The number of rotatable bonds is 10. The van der Waals surface area contributed by atoms with Gasteiger partial charge in [-0.2, -0.15) is 8.78 Å². The third kappa shape index (κ3) is 6.75. The zero-order valence-corrected chi connectivity index (χ0v) is 9.97. The quantitative estimate of drug-likeness (QED) is 0.471. The lowest BCUT2D eigenvalue weighted by Crippen LogP contribution is -2.39. The van der Waals surface area contributed by atoms with Crippen LogP contribution in [0.5, 0.6) is 0 Å². The molecular formula is C10H17F4NO3. The number of carboxylic acids is 1. The predicted molar refractivity (Wildman–Crippen MR) is 56.1 cm³/mol. The Hall–Kier alpha value is -0.890. The van der Waals surface area contributed by atoms with Crippen molar-refractivity contribution in [3.05, 3.63) is 0 Å². The highest BCUT2D eigenvalue weighted by Gasteiger charge is 2.40. The van der Waals surface area contributed by atoms with Crippen molar-refractivity contribution in [1.29, 1.82) is 0 Å². The van der Waals surface area contributed by atoms with Crippen molar-refractivity contribution in [3.63, 3.8) is 0 Å². The van der Waals surface area contributed by atoms with E-state index in [0.717, 1.165) is 0 Å². The number of aliphatic carboxylic acids is 1. The third-order valence-corrected chi connectivity index (χ3v) is 2.10. The predicted octanol–water partition coefficient (Wildman–Crippen LogP) is 1.75. The maximum absolute atomic E-state index is 12.4. The van der Waals surface area contributed by atoms with Crippen LogP contribution in [0.15, 0.2) is 0 Å². The summed E-state index contributed by atoms with van der Waals surface area (Å²) in [7, 11) is 0. The molecule has 18 heavy (non-hydrogen) atoms. The van der Waals surface area contributed by atoms with Gasteiger partial charge in [0.05, 0.1) is 0 Å². The molecule has 1 atom stereocenters. The van der Waals surface area contributed by atoms with Crippen LogP contribution in [0.3, 0.4) is 0 Å². The minimum Gasteiger partial charge on any atom is -0.480 e. The lowest BCUT2D eigenvalue weighted by molar-refractivity contribution is -0.166. The van der Waals surface area contributed by atoms with Crippen LogP contribution in [-0.4, -0.2) is 49.2 Å². The fourth-order valence-corrected chi connectivity index (χ4v) is 1.10. The van der Waals surface area contributed by atoms with Gasteiger partial charge in [0.15, 0.2) is 0 Å². The summed E-state index contributed by atoms with van der Waals surface area (Å²) in [6.07, 6.45) is -3.13. The summed E-state index contributed by atoms with van der Waals surface area (Å²) in [5.41, 5.74) is 0. The Bertz CT molecular complexity index is 251. The molecule has 4 nitrogen and oxygen atoms in total. The molecule has 0 saturated carbocycles. The third-order valence-electron chi connectivity index (χ3n) is 2.10. The van der Waals surface area contributed by atoms with Gasteiger partial charge in [-0.15, -0.1) is 0 Å². The van der Waals surface area contributed by atoms with Crippen molar-refractivity contribution in [1.82, 2.24) is 5.32 Å². The van der Waals surface area contributed by atoms with Crippen LogP contribution < -0.4 is 5.32 Å². The number of carboxylic acid groups (broad SMARTS) is 1. The van der Waals surface area contributed by atoms with E-state index in [9.17, 15) is 22.4 Å². The van der Waals surface area contributed by atoms with E-state index in [1.54, 1.807) is 0 Å². The van der Waals surface area contributed by atoms with Gasteiger partial charge in [-0.25, -0.2) is 8.78 Å². The van der Waals surface area contributed by atoms with Gasteiger partial charge >= 0.3 is 18.3 Å². The largest absolute Gasteiger partial charge is 0.480 e. The van der Waals surface area contributed by atoms with Gasteiger partial charge in [0, 0.05) is 6.61 Å². The lowest BCUT2D eigenvalue weighted by Gasteiger charge is -2.17. The van der Waals surface area contributed by atoms with Crippen LogP contribution in [0, 0.1) is 0 Å². The van der Waals surface area contributed by atoms with E-state index in [0.29, 0.717) is 13.0 Å². The first-order valence-corrected chi connectivity index (χ1v) is 5.51. The number of hydrogen-bond donors (Lipinski definition) is 2. The molecule has 0 aliphatic rings. The van der Waals surface area contributed by atoms with Gasteiger partial charge in [-0.3, -0.25) is 4.79 Å². The van der Waals surface area contributed by atoms with Crippen molar-refractivity contribution in [2.75, 3.05) is 19.8 Å². The number of nitrogens with one attached hydrogen (secondary N) is 1. The van der Waals surface area contributed by atoms with E-state index in [-0.39, 0.29) is 13.0 Å². The number of hydrogen-bond acceptors (Lipinski definition) is 3. The van der Waals surface area contributed by atoms with E-state index in [2.05, 4.69) is 10.1 Å². The molecule has 0 fully saturated rings. The summed E-state index contributed by atoms with van der Waals surface area (Å²) < 4.78 is 52.8. The Morgan fingerprint density at radius 3 is 2.50 bits per heavy atom. The Morgan fingerprint density at radius 2 is 2.06 bits per heavy atom. The molecule has 0 amide bonds. The maximum atomic E-state index is 12.4. The second-order valence-electron chi connectivity index (χ2n) is 3.75. The molecule has 8 heteroatoms. The molecule has 0 radical (unpaired) electrons. The number of alkyl halides is 4. The van der Waals surface area contributed by atoms with Gasteiger partial charge in [0.25, 0.3) is 0 Å². The molecule has 0 aromatic heterocycles. The number of halogens is 4. The van der Waals surface area contributed by atoms with Gasteiger partial charge in [-0.1, -0.05) is 6.92 Å². The summed E-state index contributed by atoms with van der Waals surface area (Å²) in [5, 5.41) is 11.4. The topological polar surface area (TPSA) is 58.6 Å². The molecule has 0 aromatic rings. The normalized spacial score (nSPS) is 13.9. The SMILES string of the molecule is CCCNC(CCOCC(F)(F)C(F)F)C(=O)O. The summed E-state index contributed by atoms with van der Waals surface area (Å²) in [6, 6.07) is -0.926. The van der Waals surface area contributed by atoms with Crippen LogP contribution in [0.2, 0.25) is 0 Å². The zero-order chi connectivity index (χ0) is 14.2. The lowest BCUT2D eigenvalue weighted by atomic mass is 10.2. The van der Waals surface area contributed by atoms with Gasteiger partial charge in [0.2, 0.25) is 0 Å². The highest BCUT2D eigenvalue weighted by atomic mass is 19.3. The molecule has 2 N–H and O–H groups in total. The summed E-state index contributed by atoms with van der Waals surface area (Å²) >= 11 is 0. The first-order chi connectivity index (χ1) is 8.31. The average molecular weight is 275 g/mol. The van der Waals surface area contributed by atoms with Crippen LogP contribution in [0.25, 0.3) is 0 Å². The molecule has 0 rings (SSSR count). The van der Waals surface area contributed by atoms with Gasteiger partial charge < -0.3 is 15.2 Å². The van der Waals surface area contributed by atoms with Crippen LogP contribution >= 0.6 is 0 Å². The van der Waals surface area contributed by atoms with Crippen molar-refractivity contribution in [3.8, 4) is 0 Å². The summed E-state index contributed by atoms with van der Waals surface area (Å²) in [5.74, 6) is -5.33. The van der Waals surface area contributed by atoms with Gasteiger partial charge in [-0.05, 0) is 19.4 Å². The second-order valence-corrected chi connectivity index (χ2v) is 3.75. The Kier molecular flexibility index (Phi) is 7.85. The van der Waals surface area contributed by atoms with E-state index >= 15 is 0 Å². The number of carbonyl (C=O) groups is 1. The molecule has 0 aliphatic carbocycles. The minimum absolute atomic E-state index is 0.0609. The first kappa shape index (κ1) is 17.1. The van der Waals surface area contributed by atoms with Crippen molar-refractivity contribution >= 4 is 5.97 Å². The average Bonchev–Trinajstić information content (AvgIpc) is 2.27. The molecule has 0 heterocycles. The minimum atomic E-state index is -4.20. The number of ether oxygens (including phenoxy) is 1. The molecule has 108 valence electrons. The highest BCUT2D eigenvalue weighted by Crippen LogP contribution is 2.22. The molecular weight excluding hydrogens is 258 g/mol. The van der Waals surface area contributed by atoms with E-state index in [4.69, 9.17) is 5.11 Å². The van der Waals surface area contributed by atoms with Crippen molar-refractivity contribution in [2.45, 2.75) is 38.2 Å². The van der Waals surface area contributed by atoms with E-state index in [1.165, 1.54) is 0 Å². The smallest absolute Gasteiger partial charge is 0.330 e. The molecule has 0 aliphatic heterocycles. The molecule has 0 saturated heterocycles. The summed E-state index contributed by atoms with van der Waals surface area (Å²) in [6.45, 7) is 0.566. The van der Waals surface area contributed by atoms with Crippen molar-refractivity contribution in [2.24, 2.45) is 0 Å². The molecule has 0 spiro atoms. The highest BCUT2D eigenvalue weighted by molar-refractivity contribution is 5.73. The van der Waals surface area contributed by atoms with Crippen LogP contribution in [0.1, 0.15) is 19.8 Å². The van der Waals surface area contributed by atoms with E-state index < -0.39 is 31.0 Å². The van der Waals surface area contributed by atoms with Crippen molar-refractivity contribution < 1.29 is 32.2 Å². The zero-order valence-electron chi connectivity index (χ0n) is 9.97. The first-order valence-electron chi connectivity index (χ1n) is 5.51.